The maximum absolute atomic E-state index is 12.7. The molecule has 0 radical (unpaired) electrons. The second-order valence-electron chi connectivity index (χ2n) is 1.91. The fraction of sp³-hybridized carbons (Fsp3) is 1.00. The van der Waals surface area contributed by atoms with Crippen LogP contribution in [-0.2, 0) is 0 Å². The normalized spacial score (nSPS) is 19.0. The van der Waals surface area contributed by atoms with Crippen LogP contribution in [0.5, 0.6) is 0 Å². The van der Waals surface area contributed by atoms with Crippen LogP contribution in [0.2, 0.25) is 0 Å². The quantitative estimate of drug-likeness (QED) is 0.526. The first kappa shape index (κ1) is 12.9. The van der Waals surface area contributed by atoms with Crippen molar-refractivity contribution in [2.75, 3.05) is 5.88 Å². The first-order chi connectivity index (χ1) is 5.06. The van der Waals surface area contributed by atoms with Crippen molar-refractivity contribution in [2.24, 2.45) is 0 Å². The molecule has 8 heteroatoms. The summed E-state index contributed by atoms with van der Waals surface area (Å²) in [6.45, 7) is 0. The van der Waals surface area contributed by atoms with Crippen LogP contribution in [0.25, 0.3) is 0 Å². The minimum atomic E-state index is -5.18. The Balaban J connectivity index is 4.85. The lowest BCUT2D eigenvalue weighted by atomic mass is 10.3. The molecule has 0 aromatic rings. The van der Waals surface area contributed by atoms with Crippen molar-refractivity contribution in [1.29, 1.82) is 0 Å². The summed E-state index contributed by atoms with van der Waals surface area (Å²) >= 11 is 18.8. The highest BCUT2D eigenvalue weighted by atomic mass is 35.5. The Morgan fingerprint density at radius 2 is 1.25 bits per heavy atom. The standard InChI is InChI=1S/C4H2Cl4F4/c5-1-2(6,9)3(7,8)4(10,11)12/h1H2. The van der Waals surface area contributed by atoms with Gasteiger partial charge in [-0.05, 0) is 0 Å². The molecule has 0 saturated carbocycles. The highest BCUT2D eigenvalue weighted by Gasteiger charge is 2.66. The topological polar surface area (TPSA) is 0 Å². The summed E-state index contributed by atoms with van der Waals surface area (Å²) in [6.07, 6.45) is -5.18. The zero-order chi connectivity index (χ0) is 10.2. The summed E-state index contributed by atoms with van der Waals surface area (Å²) < 4.78 is 44.6. The molecule has 0 aliphatic heterocycles. The monoisotopic (exact) mass is 266 g/mol. The van der Waals surface area contributed by atoms with Gasteiger partial charge in [0, 0.05) is 0 Å². The SMILES string of the molecule is FC(F)(F)C(Cl)(Cl)C(F)(Cl)CCl. The minimum Gasteiger partial charge on any atom is -0.221 e. The van der Waals surface area contributed by atoms with E-state index in [-0.39, 0.29) is 0 Å². The first-order valence-corrected chi connectivity index (χ1v) is 4.11. The summed E-state index contributed by atoms with van der Waals surface area (Å²) in [5.41, 5.74) is 0. The van der Waals surface area contributed by atoms with Gasteiger partial charge in [-0.2, -0.15) is 13.2 Å². The Morgan fingerprint density at radius 1 is 0.917 bits per heavy atom. The molecule has 0 nitrogen and oxygen atoms in total. The van der Waals surface area contributed by atoms with Crippen molar-refractivity contribution in [1.82, 2.24) is 0 Å². The third-order valence-corrected chi connectivity index (χ3v) is 3.13. The molecule has 0 aromatic heterocycles. The largest absolute Gasteiger partial charge is 0.425 e. The molecule has 0 aliphatic rings. The molecule has 12 heavy (non-hydrogen) atoms. The van der Waals surface area contributed by atoms with E-state index in [4.69, 9.17) is 23.2 Å². The lowest BCUT2D eigenvalue weighted by Gasteiger charge is -2.30. The highest BCUT2D eigenvalue weighted by Crippen LogP contribution is 2.51. The van der Waals surface area contributed by atoms with E-state index < -0.39 is 21.5 Å². The lowest BCUT2D eigenvalue weighted by Crippen LogP contribution is -2.50. The van der Waals surface area contributed by atoms with Gasteiger partial charge in [0.15, 0.2) is 0 Å². The van der Waals surface area contributed by atoms with Crippen molar-refractivity contribution in [3.63, 3.8) is 0 Å². The Labute approximate surface area is 85.7 Å². The second kappa shape index (κ2) is 3.56. The minimum absolute atomic E-state index is 1.17. The molecule has 1 atom stereocenters. The summed E-state index contributed by atoms with van der Waals surface area (Å²) in [4.78, 5) is 0. The van der Waals surface area contributed by atoms with Gasteiger partial charge < -0.3 is 0 Å². The van der Waals surface area contributed by atoms with E-state index in [9.17, 15) is 17.6 Å². The third kappa shape index (κ3) is 2.22. The Morgan fingerprint density at radius 3 is 1.33 bits per heavy atom. The van der Waals surface area contributed by atoms with Gasteiger partial charge in [0.05, 0.1) is 5.88 Å². The maximum atomic E-state index is 12.7. The van der Waals surface area contributed by atoms with Gasteiger partial charge in [-0.15, -0.1) is 11.6 Å². The molecule has 0 spiro atoms. The van der Waals surface area contributed by atoms with Crippen molar-refractivity contribution >= 4 is 46.4 Å². The van der Waals surface area contributed by atoms with Gasteiger partial charge in [0.1, 0.15) is 0 Å². The van der Waals surface area contributed by atoms with E-state index in [0.29, 0.717) is 0 Å². The van der Waals surface area contributed by atoms with Crippen LogP contribution >= 0.6 is 46.4 Å². The predicted octanol–water partition coefficient (Wildman–Crippen LogP) is 3.87. The molecular formula is C4H2Cl4F4. The van der Waals surface area contributed by atoms with Gasteiger partial charge >= 0.3 is 6.18 Å². The number of alkyl halides is 8. The van der Waals surface area contributed by atoms with E-state index in [0.717, 1.165) is 0 Å². The second-order valence-corrected chi connectivity index (χ2v) is 4.10. The Bertz CT molecular complexity index is 163. The van der Waals surface area contributed by atoms with Crippen molar-refractivity contribution in [2.45, 2.75) is 15.6 Å². The molecule has 0 aliphatic carbocycles. The molecule has 1 unspecified atom stereocenters. The van der Waals surface area contributed by atoms with Crippen LogP contribution in [0.3, 0.4) is 0 Å². The summed E-state index contributed by atoms with van der Waals surface area (Å²) in [5, 5.41) is -3.43. The van der Waals surface area contributed by atoms with Gasteiger partial charge in [-0.25, -0.2) is 4.39 Å². The van der Waals surface area contributed by atoms with Gasteiger partial charge in [0.25, 0.3) is 4.33 Å². The average Bonchev–Trinajstić information content (AvgIpc) is 1.85. The number of hydrogen-bond acceptors (Lipinski definition) is 0. The van der Waals surface area contributed by atoms with E-state index in [2.05, 4.69) is 23.2 Å². The summed E-state index contributed by atoms with van der Waals surface area (Å²) in [7, 11) is 0. The number of rotatable bonds is 2. The van der Waals surface area contributed by atoms with Gasteiger partial charge in [0.2, 0.25) is 5.13 Å². The molecule has 0 aromatic carbocycles. The van der Waals surface area contributed by atoms with Crippen molar-refractivity contribution < 1.29 is 17.6 Å². The molecular weight excluding hydrogens is 266 g/mol. The van der Waals surface area contributed by atoms with Crippen LogP contribution in [-0.4, -0.2) is 21.5 Å². The molecule has 0 amide bonds. The summed E-state index contributed by atoms with van der Waals surface area (Å²) in [5.74, 6) is -1.17. The molecule has 0 bridgehead atoms. The van der Waals surface area contributed by atoms with Crippen LogP contribution in [0.4, 0.5) is 17.6 Å². The molecule has 0 N–H and O–H groups in total. The smallest absolute Gasteiger partial charge is 0.221 e. The number of hydrogen-bond donors (Lipinski definition) is 0. The molecule has 0 heterocycles. The number of halogens is 8. The van der Waals surface area contributed by atoms with Crippen LogP contribution < -0.4 is 0 Å². The Kier molecular flexibility index (Phi) is 3.82. The first-order valence-electron chi connectivity index (χ1n) is 2.44. The summed E-state index contributed by atoms with van der Waals surface area (Å²) in [6, 6.07) is 0. The predicted molar refractivity (Wildman–Crippen MR) is 40.9 cm³/mol. The zero-order valence-corrected chi connectivity index (χ0v) is 8.25. The van der Waals surface area contributed by atoms with E-state index >= 15 is 0 Å². The van der Waals surface area contributed by atoms with E-state index in [1.54, 1.807) is 0 Å². The third-order valence-electron chi connectivity index (χ3n) is 0.983. The fourth-order valence-electron chi connectivity index (χ4n) is 0.291. The van der Waals surface area contributed by atoms with E-state index in [1.165, 1.54) is 0 Å². The zero-order valence-electron chi connectivity index (χ0n) is 5.23. The molecule has 0 fully saturated rings. The van der Waals surface area contributed by atoms with Crippen molar-refractivity contribution in [3.05, 3.63) is 0 Å². The molecule has 0 rings (SSSR count). The molecule has 74 valence electrons. The fourth-order valence-corrected chi connectivity index (χ4v) is 0.869. The molecule has 0 saturated heterocycles. The highest BCUT2D eigenvalue weighted by molar-refractivity contribution is 6.54. The Hall–Kier alpha value is 0.880. The maximum Gasteiger partial charge on any atom is 0.425 e. The lowest BCUT2D eigenvalue weighted by molar-refractivity contribution is -0.157. The van der Waals surface area contributed by atoms with Crippen LogP contribution in [0.15, 0.2) is 0 Å². The van der Waals surface area contributed by atoms with Gasteiger partial charge in [-0.3, -0.25) is 0 Å². The van der Waals surface area contributed by atoms with Crippen molar-refractivity contribution in [3.8, 4) is 0 Å². The van der Waals surface area contributed by atoms with Crippen LogP contribution in [0, 0.1) is 0 Å². The van der Waals surface area contributed by atoms with Crippen LogP contribution in [0.1, 0.15) is 0 Å². The van der Waals surface area contributed by atoms with E-state index in [1.807, 2.05) is 0 Å². The van der Waals surface area contributed by atoms with Gasteiger partial charge in [-0.1, -0.05) is 34.8 Å². The average molecular weight is 268 g/mol.